The van der Waals surface area contributed by atoms with Gasteiger partial charge in [-0.1, -0.05) is 78.4 Å². The van der Waals surface area contributed by atoms with Crippen molar-refractivity contribution in [2.24, 2.45) is 7.05 Å². The zero-order valence-corrected chi connectivity index (χ0v) is 25.4. The maximum absolute atomic E-state index is 14.1. The maximum Gasteiger partial charge on any atom is 0.255 e. The minimum atomic E-state index is -0.389. The van der Waals surface area contributed by atoms with E-state index in [9.17, 15) is 9.59 Å². The van der Waals surface area contributed by atoms with Crippen LogP contribution in [0.4, 0.5) is 5.69 Å². The number of methoxy groups -OCH3 is 1. The monoisotopic (exact) mass is 584 g/mol. The fraction of sp³-hybridized carbons (Fsp3) is 0.243. The van der Waals surface area contributed by atoms with Crippen molar-refractivity contribution < 1.29 is 14.3 Å². The van der Waals surface area contributed by atoms with Gasteiger partial charge in [-0.2, -0.15) is 0 Å². The molecule has 0 aliphatic carbocycles. The van der Waals surface area contributed by atoms with Gasteiger partial charge in [0.1, 0.15) is 12.3 Å². The predicted molar refractivity (Wildman–Crippen MR) is 174 cm³/mol. The third kappa shape index (κ3) is 4.60. The van der Waals surface area contributed by atoms with Crippen molar-refractivity contribution in [3.63, 3.8) is 0 Å². The van der Waals surface area contributed by atoms with E-state index in [1.54, 1.807) is 12.0 Å². The number of para-hydroxylation sites is 3. The Kier molecular flexibility index (Phi) is 7.09. The molecule has 44 heavy (non-hydrogen) atoms. The number of amides is 2. The first-order valence-corrected chi connectivity index (χ1v) is 15.2. The number of nitrogens with zero attached hydrogens (tertiary/aromatic N) is 4. The summed E-state index contributed by atoms with van der Waals surface area (Å²) in [7, 11) is 3.76. The van der Waals surface area contributed by atoms with E-state index in [0.717, 1.165) is 44.7 Å². The van der Waals surface area contributed by atoms with E-state index in [2.05, 4.69) is 65.9 Å². The van der Waals surface area contributed by atoms with Gasteiger partial charge in [-0.15, -0.1) is 0 Å². The zero-order chi connectivity index (χ0) is 30.4. The number of carbonyl (C=O) groups is 2. The van der Waals surface area contributed by atoms with E-state index >= 15 is 0 Å². The Bertz CT molecular complexity index is 1870. The van der Waals surface area contributed by atoms with Crippen LogP contribution in [0.15, 0.2) is 97.1 Å². The number of carbonyl (C=O) groups excluding carboxylic acids is 2. The molecule has 7 heteroatoms. The number of piperazine rings is 1. The first-order valence-electron chi connectivity index (χ1n) is 15.2. The first-order chi connectivity index (χ1) is 21.5. The molecule has 2 amide bonds. The fourth-order valence-corrected chi connectivity index (χ4v) is 6.94. The topological polar surface area (TPSA) is 58.0 Å². The van der Waals surface area contributed by atoms with Crippen LogP contribution in [-0.4, -0.2) is 66.0 Å². The fourth-order valence-electron chi connectivity index (χ4n) is 6.94. The van der Waals surface area contributed by atoms with E-state index in [4.69, 9.17) is 4.74 Å². The Morgan fingerprint density at radius 3 is 2.30 bits per heavy atom. The molecule has 0 bridgehead atoms. The van der Waals surface area contributed by atoms with Crippen molar-refractivity contribution in [1.29, 1.82) is 0 Å². The van der Waals surface area contributed by atoms with Crippen LogP contribution in [0.3, 0.4) is 0 Å². The van der Waals surface area contributed by atoms with E-state index in [1.165, 1.54) is 5.56 Å². The molecule has 1 fully saturated rings. The standard InChI is InChI=1S/C37H36N4O3/c1-25-16-18-26(19-17-25)35-34(29-12-6-7-13-30(29)38(35)2)36-27-10-4-5-11-28(27)37(43)41(36)24-33(42)40-22-20-39(21-23-40)31-14-8-9-15-32(31)44-3/h4-19,36H,20-24H2,1-3H3. The Labute approximate surface area is 257 Å². The normalized spacial score (nSPS) is 16.5. The second-order valence-electron chi connectivity index (χ2n) is 11.7. The summed E-state index contributed by atoms with van der Waals surface area (Å²) < 4.78 is 7.79. The van der Waals surface area contributed by atoms with Gasteiger partial charge in [0.25, 0.3) is 5.91 Å². The smallest absolute Gasteiger partial charge is 0.255 e. The molecule has 1 saturated heterocycles. The van der Waals surface area contributed by atoms with E-state index < -0.39 is 0 Å². The Morgan fingerprint density at radius 2 is 1.52 bits per heavy atom. The second kappa shape index (κ2) is 11.2. The van der Waals surface area contributed by atoms with Gasteiger partial charge < -0.3 is 24.0 Å². The summed E-state index contributed by atoms with van der Waals surface area (Å²) in [6.45, 7) is 4.67. The summed E-state index contributed by atoms with van der Waals surface area (Å²) in [4.78, 5) is 33.9. The molecule has 0 spiro atoms. The molecule has 1 atom stereocenters. The van der Waals surface area contributed by atoms with Gasteiger partial charge in [0.05, 0.1) is 24.5 Å². The maximum atomic E-state index is 14.1. The number of benzene rings is 4. The quantitative estimate of drug-likeness (QED) is 0.244. The van der Waals surface area contributed by atoms with Crippen LogP contribution in [0, 0.1) is 6.92 Å². The van der Waals surface area contributed by atoms with Gasteiger partial charge in [0, 0.05) is 55.3 Å². The third-order valence-electron chi connectivity index (χ3n) is 9.17. The molecular formula is C37H36N4O3. The lowest BCUT2D eigenvalue weighted by Crippen LogP contribution is -2.51. The molecule has 1 unspecified atom stereocenters. The van der Waals surface area contributed by atoms with Crippen LogP contribution < -0.4 is 9.64 Å². The molecule has 0 saturated carbocycles. The van der Waals surface area contributed by atoms with Gasteiger partial charge in [-0.3, -0.25) is 9.59 Å². The Hall–Kier alpha value is -5.04. The summed E-state index contributed by atoms with van der Waals surface area (Å²) >= 11 is 0. The molecule has 5 aromatic rings. The van der Waals surface area contributed by atoms with Gasteiger partial charge in [-0.25, -0.2) is 0 Å². The first kappa shape index (κ1) is 27.8. The molecule has 0 N–H and O–H groups in total. The molecule has 2 aliphatic heterocycles. The van der Waals surface area contributed by atoms with E-state index in [-0.39, 0.29) is 24.4 Å². The zero-order valence-electron chi connectivity index (χ0n) is 25.4. The molecule has 0 radical (unpaired) electrons. The Morgan fingerprint density at radius 1 is 0.841 bits per heavy atom. The lowest BCUT2D eigenvalue weighted by molar-refractivity contribution is -0.132. The number of aromatic nitrogens is 1. The lowest BCUT2D eigenvalue weighted by atomic mass is 9.93. The largest absolute Gasteiger partial charge is 0.495 e. The van der Waals surface area contributed by atoms with Crippen molar-refractivity contribution in [3.8, 4) is 17.0 Å². The number of rotatable bonds is 6. The van der Waals surface area contributed by atoms with Gasteiger partial charge in [0.2, 0.25) is 5.91 Å². The highest BCUT2D eigenvalue weighted by molar-refractivity contribution is 6.04. The lowest BCUT2D eigenvalue weighted by Gasteiger charge is -2.37. The Balaban J connectivity index is 1.24. The van der Waals surface area contributed by atoms with Crippen LogP contribution in [0.1, 0.15) is 33.1 Å². The van der Waals surface area contributed by atoms with Crippen LogP contribution in [0.2, 0.25) is 0 Å². The predicted octanol–water partition coefficient (Wildman–Crippen LogP) is 6.06. The number of aryl methyl sites for hydroxylation is 2. The number of anilines is 1. The van der Waals surface area contributed by atoms with E-state index in [1.807, 2.05) is 59.5 Å². The second-order valence-corrected chi connectivity index (χ2v) is 11.7. The number of hydrogen-bond acceptors (Lipinski definition) is 4. The number of hydrogen-bond donors (Lipinski definition) is 0. The summed E-state index contributed by atoms with van der Waals surface area (Å²) in [5.74, 6) is 0.692. The van der Waals surface area contributed by atoms with Gasteiger partial charge in [0.15, 0.2) is 0 Å². The van der Waals surface area contributed by atoms with Crippen molar-refractivity contribution >= 4 is 28.4 Å². The van der Waals surface area contributed by atoms with Crippen LogP contribution in [0.5, 0.6) is 5.75 Å². The van der Waals surface area contributed by atoms with Crippen LogP contribution in [-0.2, 0) is 11.8 Å². The molecule has 1 aromatic heterocycles. The number of fused-ring (bicyclic) bond motifs is 2. The highest BCUT2D eigenvalue weighted by Crippen LogP contribution is 2.46. The molecule has 4 aromatic carbocycles. The molecule has 7 rings (SSSR count). The van der Waals surface area contributed by atoms with Gasteiger partial charge in [-0.05, 0) is 42.3 Å². The average molecular weight is 585 g/mol. The summed E-state index contributed by atoms with van der Waals surface area (Å²) in [5, 5.41) is 1.09. The third-order valence-corrected chi connectivity index (χ3v) is 9.17. The highest BCUT2D eigenvalue weighted by Gasteiger charge is 2.42. The van der Waals surface area contributed by atoms with Crippen molar-refractivity contribution in [2.75, 3.05) is 44.7 Å². The molecule has 222 valence electrons. The average Bonchev–Trinajstić information content (AvgIpc) is 3.51. The number of ether oxygens (including phenoxy) is 1. The molecule has 3 heterocycles. The van der Waals surface area contributed by atoms with Gasteiger partial charge >= 0.3 is 0 Å². The van der Waals surface area contributed by atoms with Crippen molar-refractivity contribution in [3.05, 3.63) is 119 Å². The minimum Gasteiger partial charge on any atom is -0.495 e. The summed E-state index contributed by atoms with van der Waals surface area (Å²) in [6.07, 6.45) is 0. The highest BCUT2D eigenvalue weighted by atomic mass is 16.5. The minimum absolute atomic E-state index is 0.0173. The summed E-state index contributed by atoms with van der Waals surface area (Å²) in [5.41, 5.74) is 8.11. The molecule has 7 nitrogen and oxygen atoms in total. The molecular weight excluding hydrogens is 548 g/mol. The SMILES string of the molecule is COc1ccccc1N1CCN(C(=O)CN2C(=O)c3ccccc3C2c2c(-c3ccc(C)cc3)n(C)c3ccccc23)CC1. The molecule has 2 aliphatic rings. The van der Waals surface area contributed by atoms with E-state index in [0.29, 0.717) is 31.7 Å². The van der Waals surface area contributed by atoms with Crippen LogP contribution in [0.25, 0.3) is 22.2 Å². The van der Waals surface area contributed by atoms with Crippen molar-refractivity contribution in [2.45, 2.75) is 13.0 Å². The van der Waals surface area contributed by atoms with Crippen LogP contribution >= 0.6 is 0 Å². The summed E-state index contributed by atoms with van der Waals surface area (Å²) in [6, 6.07) is 32.3. The van der Waals surface area contributed by atoms with Crippen molar-refractivity contribution in [1.82, 2.24) is 14.4 Å².